The number of aromatic nitrogens is 4. The molecule has 0 aliphatic heterocycles. The molecule has 1 heterocycles. The predicted octanol–water partition coefficient (Wildman–Crippen LogP) is 0.703. The van der Waals surface area contributed by atoms with Crippen molar-refractivity contribution < 1.29 is 14.5 Å². The van der Waals surface area contributed by atoms with Crippen molar-refractivity contribution in [2.24, 2.45) is 5.73 Å². The molecule has 3 rings (SSSR count). The molecular weight excluding hydrogens is 366 g/mol. The lowest BCUT2D eigenvalue weighted by atomic mass is 9.89. The fourth-order valence-corrected chi connectivity index (χ4v) is 3.41. The SMILES string of the molecule is COC(=O)Cn1nnnc1C(NC1CCCCC1N)c1ccc([N+](=O)[O-])cc1. The van der Waals surface area contributed by atoms with Gasteiger partial charge in [0.2, 0.25) is 0 Å². The van der Waals surface area contributed by atoms with E-state index in [0.29, 0.717) is 5.82 Å². The minimum absolute atomic E-state index is 0.00831. The number of nitro groups is 1. The smallest absolute Gasteiger partial charge is 0.327 e. The highest BCUT2D eigenvalue weighted by molar-refractivity contribution is 5.68. The van der Waals surface area contributed by atoms with Crippen LogP contribution >= 0.6 is 0 Å². The number of ether oxygens (including phenoxy) is 1. The zero-order chi connectivity index (χ0) is 20.1. The first kappa shape index (κ1) is 19.8. The molecule has 0 spiro atoms. The van der Waals surface area contributed by atoms with Gasteiger partial charge in [0.25, 0.3) is 5.69 Å². The Kier molecular flexibility index (Phi) is 6.26. The maximum absolute atomic E-state index is 11.7. The van der Waals surface area contributed by atoms with Gasteiger partial charge in [0.05, 0.1) is 18.1 Å². The second kappa shape index (κ2) is 8.85. The van der Waals surface area contributed by atoms with Crippen LogP contribution in [0.1, 0.15) is 43.1 Å². The molecule has 1 aromatic heterocycles. The monoisotopic (exact) mass is 389 g/mol. The first-order valence-corrected chi connectivity index (χ1v) is 9.08. The highest BCUT2D eigenvalue weighted by Crippen LogP contribution is 2.26. The molecule has 3 N–H and O–H groups in total. The molecule has 150 valence electrons. The third-order valence-corrected chi connectivity index (χ3v) is 4.96. The number of hydrogen-bond donors (Lipinski definition) is 2. The van der Waals surface area contributed by atoms with Gasteiger partial charge in [0.1, 0.15) is 6.54 Å². The minimum Gasteiger partial charge on any atom is -0.468 e. The summed E-state index contributed by atoms with van der Waals surface area (Å²) in [6.45, 7) is -0.138. The number of methoxy groups -OCH3 is 1. The van der Waals surface area contributed by atoms with Gasteiger partial charge < -0.3 is 10.5 Å². The van der Waals surface area contributed by atoms with Crippen LogP contribution in [-0.4, -0.2) is 50.3 Å². The lowest BCUT2D eigenvalue weighted by molar-refractivity contribution is -0.384. The minimum atomic E-state index is -0.481. The molecule has 3 atom stereocenters. The molecule has 1 aliphatic rings. The van der Waals surface area contributed by atoms with Gasteiger partial charge in [-0.15, -0.1) is 5.10 Å². The molecule has 1 fully saturated rings. The van der Waals surface area contributed by atoms with Crippen molar-refractivity contribution in [1.29, 1.82) is 0 Å². The fraction of sp³-hybridized carbons (Fsp3) is 0.529. The Morgan fingerprint density at radius 1 is 1.39 bits per heavy atom. The van der Waals surface area contributed by atoms with E-state index in [2.05, 4.69) is 20.8 Å². The number of hydrogen-bond acceptors (Lipinski definition) is 9. The largest absolute Gasteiger partial charge is 0.468 e. The van der Waals surface area contributed by atoms with Gasteiger partial charge in [-0.1, -0.05) is 25.0 Å². The lowest BCUT2D eigenvalue weighted by Gasteiger charge is -2.32. The van der Waals surface area contributed by atoms with Crippen LogP contribution in [0.4, 0.5) is 5.69 Å². The standard InChI is InChI=1S/C17H23N7O4/c1-28-15(25)10-23-17(20-21-22-23)16(19-14-5-3-2-4-13(14)18)11-6-8-12(9-7-11)24(26)27/h6-9,13-14,16,19H,2-5,10,18H2,1H3. The number of nitrogens with one attached hydrogen (secondary N) is 1. The van der Waals surface area contributed by atoms with Crippen LogP contribution in [0.3, 0.4) is 0 Å². The molecule has 1 saturated carbocycles. The Hall–Kier alpha value is -2.92. The Labute approximate surface area is 161 Å². The zero-order valence-corrected chi connectivity index (χ0v) is 15.5. The molecule has 28 heavy (non-hydrogen) atoms. The molecular formula is C17H23N7O4. The average Bonchev–Trinajstić information content (AvgIpc) is 3.15. The summed E-state index contributed by atoms with van der Waals surface area (Å²) in [5.41, 5.74) is 7.01. The quantitative estimate of drug-likeness (QED) is 0.396. The third kappa shape index (κ3) is 4.49. The Bertz CT molecular complexity index is 823. The Balaban J connectivity index is 1.93. The van der Waals surface area contributed by atoms with E-state index in [0.717, 1.165) is 31.2 Å². The van der Waals surface area contributed by atoms with Crippen LogP contribution < -0.4 is 11.1 Å². The number of carbonyl (C=O) groups excluding carboxylic acids is 1. The number of esters is 1. The predicted molar refractivity (Wildman–Crippen MR) is 98.1 cm³/mol. The Morgan fingerprint density at radius 2 is 2.11 bits per heavy atom. The van der Waals surface area contributed by atoms with Gasteiger partial charge in [-0.25, -0.2) is 4.68 Å². The van der Waals surface area contributed by atoms with Crippen LogP contribution in [-0.2, 0) is 16.1 Å². The number of non-ortho nitro benzene ring substituents is 1. The summed E-state index contributed by atoms with van der Waals surface area (Å²) in [7, 11) is 1.29. The van der Waals surface area contributed by atoms with Gasteiger partial charge in [-0.2, -0.15) is 0 Å². The summed E-state index contributed by atoms with van der Waals surface area (Å²) < 4.78 is 6.06. The van der Waals surface area contributed by atoms with Crippen molar-refractivity contribution in [2.45, 2.75) is 50.4 Å². The van der Waals surface area contributed by atoms with Gasteiger partial charge in [0, 0.05) is 24.2 Å². The lowest BCUT2D eigenvalue weighted by Crippen LogP contribution is -2.49. The molecule has 2 aromatic rings. The number of nitro benzene ring substituents is 1. The van der Waals surface area contributed by atoms with Crippen molar-refractivity contribution in [1.82, 2.24) is 25.5 Å². The summed E-state index contributed by atoms with van der Waals surface area (Å²) in [6.07, 6.45) is 3.97. The van der Waals surface area contributed by atoms with E-state index in [1.807, 2.05) is 0 Å². The molecule has 3 unspecified atom stereocenters. The number of tetrazole rings is 1. The number of benzene rings is 1. The van der Waals surface area contributed by atoms with Crippen molar-refractivity contribution in [3.05, 3.63) is 45.8 Å². The number of nitrogens with zero attached hydrogens (tertiary/aromatic N) is 5. The van der Waals surface area contributed by atoms with E-state index in [9.17, 15) is 14.9 Å². The summed E-state index contributed by atoms with van der Waals surface area (Å²) in [6, 6.07) is 5.72. The molecule has 1 aliphatic carbocycles. The topological polar surface area (TPSA) is 151 Å². The molecule has 0 bridgehead atoms. The van der Waals surface area contributed by atoms with Gasteiger partial charge in [0.15, 0.2) is 5.82 Å². The molecule has 11 heteroatoms. The summed E-state index contributed by atoms with van der Waals surface area (Å²) in [5, 5.41) is 26.1. The van der Waals surface area contributed by atoms with Crippen LogP contribution in [0.25, 0.3) is 0 Å². The maximum atomic E-state index is 11.7. The van der Waals surface area contributed by atoms with E-state index >= 15 is 0 Å². The van der Waals surface area contributed by atoms with Gasteiger partial charge >= 0.3 is 5.97 Å². The van der Waals surface area contributed by atoms with E-state index in [4.69, 9.17) is 10.5 Å². The molecule has 0 saturated heterocycles. The number of rotatable bonds is 7. The van der Waals surface area contributed by atoms with E-state index < -0.39 is 16.9 Å². The molecule has 1 aromatic carbocycles. The summed E-state index contributed by atoms with van der Waals surface area (Å²) >= 11 is 0. The first-order chi connectivity index (χ1) is 13.5. The molecule has 11 nitrogen and oxygen atoms in total. The van der Waals surface area contributed by atoms with Crippen molar-refractivity contribution in [2.75, 3.05) is 7.11 Å². The van der Waals surface area contributed by atoms with Crippen LogP contribution in [0.2, 0.25) is 0 Å². The third-order valence-electron chi connectivity index (χ3n) is 4.96. The van der Waals surface area contributed by atoms with E-state index in [-0.39, 0.29) is 24.3 Å². The fourth-order valence-electron chi connectivity index (χ4n) is 3.41. The Morgan fingerprint density at radius 3 is 2.75 bits per heavy atom. The second-order valence-electron chi connectivity index (χ2n) is 6.77. The highest BCUT2D eigenvalue weighted by atomic mass is 16.6. The first-order valence-electron chi connectivity index (χ1n) is 9.08. The van der Waals surface area contributed by atoms with Crippen molar-refractivity contribution >= 4 is 11.7 Å². The van der Waals surface area contributed by atoms with Crippen molar-refractivity contribution in [3.63, 3.8) is 0 Å². The number of carbonyl (C=O) groups is 1. The molecule has 0 amide bonds. The number of nitrogens with two attached hydrogens (primary N) is 1. The normalized spacial score (nSPS) is 20.5. The highest BCUT2D eigenvalue weighted by Gasteiger charge is 2.29. The zero-order valence-electron chi connectivity index (χ0n) is 15.5. The summed E-state index contributed by atoms with van der Waals surface area (Å²) in [5.74, 6) is -0.0672. The van der Waals surface area contributed by atoms with Crippen LogP contribution in [0, 0.1) is 10.1 Å². The van der Waals surface area contributed by atoms with Gasteiger partial charge in [-0.3, -0.25) is 20.2 Å². The molecule has 0 radical (unpaired) electrons. The van der Waals surface area contributed by atoms with Crippen LogP contribution in [0.15, 0.2) is 24.3 Å². The van der Waals surface area contributed by atoms with E-state index in [1.54, 1.807) is 12.1 Å². The van der Waals surface area contributed by atoms with Gasteiger partial charge in [-0.05, 0) is 28.8 Å². The maximum Gasteiger partial charge on any atom is 0.327 e. The van der Waals surface area contributed by atoms with Crippen LogP contribution in [0.5, 0.6) is 0 Å². The van der Waals surface area contributed by atoms with E-state index in [1.165, 1.54) is 23.9 Å². The second-order valence-corrected chi connectivity index (χ2v) is 6.77. The van der Waals surface area contributed by atoms with Crippen molar-refractivity contribution in [3.8, 4) is 0 Å². The summed E-state index contributed by atoms with van der Waals surface area (Å²) in [4.78, 5) is 22.2. The average molecular weight is 389 g/mol.